The van der Waals surface area contributed by atoms with Crippen molar-refractivity contribution in [2.24, 2.45) is 29.6 Å². The van der Waals surface area contributed by atoms with Crippen LogP contribution in [0.4, 0.5) is 0 Å². The second-order valence-corrected chi connectivity index (χ2v) is 10.3. The Morgan fingerprint density at radius 1 is 1.10 bits per heavy atom. The molecule has 3 fully saturated rings. The Kier molecular flexibility index (Phi) is 5.77. The van der Waals surface area contributed by atoms with Gasteiger partial charge in [0.1, 0.15) is 17.8 Å². The van der Waals surface area contributed by atoms with Gasteiger partial charge in [0.05, 0.1) is 18.8 Å². The standard InChI is InChI=1S/C24H36O6/c1-12-7-8-19(28-15(4)25)24(6)23-20-17(14(3)11-27-24)10-13(2)22(29-16(5)26)21(20)18(9-12)30-23/h7,13-14,17-23H,8-11H2,1-6H3. The van der Waals surface area contributed by atoms with Crippen molar-refractivity contribution in [3.8, 4) is 0 Å². The highest BCUT2D eigenvalue weighted by molar-refractivity contribution is 5.66. The van der Waals surface area contributed by atoms with Gasteiger partial charge in [-0.25, -0.2) is 0 Å². The average Bonchev–Trinajstić information content (AvgIpc) is 3.00. The van der Waals surface area contributed by atoms with Gasteiger partial charge in [-0.2, -0.15) is 0 Å². The second-order valence-electron chi connectivity index (χ2n) is 10.3. The highest BCUT2D eigenvalue weighted by atomic mass is 16.6. The zero-order valence-corrected chi connectivity index (χ0v) is 19.1. The van der Waals surface area contributed by atoms with E-state index in [0.29, 0.717) is 24.9 Å². The number of carbonyl (C=O) groups is 2. The molecule has 2 saturated heterocycles. The maximum absolute atomic E-state index is 12.0. The molecule has 0 amide bonds. The molecule has 6 heteroatoms. The van der Waals surface area contributed by atoms with E-state index >= 15 is 0 Å². The molecule has 0 aromatic rings. The number of esters is 2. The van der Waals surface area contributed by atoms with Gasteiger partial charge in [-0.1, -0.05) is 25.5 Å². The van der Waals surface area contributed by atoms with Crippen LogP contribution in [0.25, 0.3) is 0 Å². The Morgan fingerprint density at radius 3 is 2.47 bits per heavy atom. The lowest BCUT2D eigenvalue weighted by Gasteiger charge is -2.47. The Hall–Kier alpha value is -1.40. The molecule has 30 heavy (non-hydrogen) atoms. The number of carbonyl (C=O) groups excluding carboxylic acids is 2. The van der Waals surface area contributed by atoms with E-state index in [1.807, 2.05) is 6.92 Å². The molecule has 2 bridgehead atoms. The molecule has 6 nitrogen and oxygen atoms in total. The fraction of sp³-hybridized carbons (Fsp3) is 0.833. The van der Waals surface area contributed by atoms with Crippen molar-refractivity contribution >= 4 is 11.9 Å². The highest BCUT2D eigenvalue weighted by Gasteiger charge is 2.65. The van der Waals surface area contributed by atoms with Crippen molar-refractivity contribution in [1.29, 1.82) is 0 Å². The van der Waals surface area contributed by atoms with Gasteiger partial charge in [0, 0.05) is 32.1 Å². The number of hydrogen-bond acceptors (Lipinski definition) is 6. The smallest absolute Gasteiger partial charge is 0.303 e. The molecule has 4 aliphatic rings. The molecule has 0 aromatic carbocycles. The Labute approximate surface area is 179 Å². The van der Waals surface area contributed by atoms with Crippen molar-refractivity contribution in [2.75, 3.05) is 6.61 Å². The zero-order chi connectivity index (χ0) is 21.8. The summed E-state index contributed by atoms with van der Waals surface area (Å²) in [5.74, 6) is 0.856. The summed E-state index contributed by atoms with van der Waals surface area (Å²) in [6.07, 6.45) is 3.75. The number of ether oxygens (including phenoxy) is 4. The Bertz CT molecular complexity index is 731. The molecule has 0 N–H and O–H groups in total. The topological polar surface area (TPSA) is 71.1 Å². The van der Waals surface area contributed by atoms with Gasteiger partial charge < -0.3 is 18.9 Å². The van der Waals surface area contributed by atoms with Crippen LogP contribution in [0, 0.1) is 29.6 Å². The van der Waals surface area contributed by atoms with E-state index in [-0.39, 0.29) is 48.0 Å². The first-order valence-corrected chi connectivity index (χ1v) is 11.4. The van der Waals surface area contributed by atoms with E-state index in [2.05, 4.69) is 26.8 Å². The normalized spacial score (nSPS) is 47.8. The SMILES string of the molecule is CC(=O)OC1C(C)CC2C(C)COC3(C)C(OC(C)=O)CC=C(C)CC4OC3C2C41. The first kappa shape index (κ1) is 21.8. The summed E-state index contributed by atoms with van der Waals surface area (Å²) in [5, 5.41) is 0. The van der Waals surface area contributed by atoms with Gasteiger partial charge in [-0.05, 0) is 44.4 Å². The predicted molar refractivity (Wildman–Crippen MR) is 111 cm³/mol. The van der Waals surface area contributed by atoms with Crippen molar-refractivity contribution in [1.82, 2.24) is 0 Å². The molecule has 0 aromatic heterocycles. The molecule has 0 radical (unpaired) electrons. The first-order chi connectivity index (χ1) is 14.1. The molecule has 1 aliphatic carbocycles. The summed E-state index contributed by atoms with van der Waals surface area (Å²) in [4.78, 5) is 23.9. The van der Waals surface area contributed by atoms with Gasteiger partial charge in [0.15, 0.2) is 0 Å². The summed E-state index contributed by atoms with van der Waals surface area (Å²) >= 11 is 0. The lowest BCUT2D eigenvalue weighted by molar-refractivity contribution is -0.200. The van der Waals surface area contributed by atoms with E-state index in [1.54, 1.807) is 0 Å². The van der Waals surface area contributed by atoms with Crippen LogP contribution in [-0.2, 0) is 28.5 Å². The molecule has 1 saturated carbocycles. The van der Waals surface area contributed by atoms with Crippen LogP contribution in [0.1, 0.15) is 60.8 Å². The van der Waals surface area contributed by atoms with Crippen molar-refractivity contribution in [3.63, 3.8) is 0 Å². The Morgan fingerprint density at radius 2 is 1.80 bits per heavy atom. The molecule has 10 atom stereocenters. The van der Waals surface area contributed by atoms with E-state index in [0.717, 1.165) is 12.8 Å². The van der Waals surface area contributed by atoms with Gasteiger partial charge in [0.25, 0.3) is 0 Å². The monoisotopic (exact) mass is 420 g/mol. The zero-order valence-electron chi connectivity index (χ0n) is 19.1. The fourth-order valence-electron chi connectivity index (χ4n) is 6.66. The lowest BCUT2D eigenvalue weighted by Crippen LogP contribution is -2.57. The minimum atomic E-state index is -0.741. The molecule has 10 unspecified atom stereocenters. The minimum Gasteiger partial charge on any atom is -0.462 e. The van der Waals surface area contributed by atoms with Crippen LogP contribution < -0.4 is 0 Å². The molecule has 0 spiro atoms. The number of rotatable bonds is 2. The number of fused-ring (bicyclic) bond motifs is 2. The van der Waals surface area contributed by atoms with Crippen molar-refractivity contribution < 1.29 is 28.5 Å². The summed E-state index contributed by atoms with van der Waals surface area (Å²) < 4.78 is 25.1. The summed E-state index contributed by atoms with van der Waals surface area (Å²) in [6.45, 7) is 12.2. The van der Waals surface area contributed by atoms with Crippen molar-refractivity contribution in [3.05, 3.63) is 11.6 Å². The third-order valence-corrected chi connectivity index (χ3v) is 8.03. The largest absolute Gasteiger partial charge is 0.462 e. The third-order valence-electron chi connectivity index (χ3n) is 8.03. The first-order valence-electron chi connectivity index (χ1n) is 11.4. The molecule has 168 valence electrons. The van der Waals surface area contributed by atoms with Crippen LogP contribution in [0.15, 0.2) is 11.6 Å². The molecular formula is C24H36O6. The summed E-state index contributed by atoms with van der Waals surface area (Å²) in [7, 11) is 0. The molecule has 3 aliphatic heterocycles. The molecule has 3 heterocycles. The van der Waals surface area contributed by atoms with Gasteiger partial charge in [-0.3, -0.25) is 9.59 Å². The summed E-state index contributed by atoms with van der Waals surface area (Å²) in [5.41, 5.74) is 0.471. The fourth-order valence-corrected chi connectivity index (χ4v) is 6.66. The van der Waals surface area contributed by atoms with Crippen LogP contribution in [0.2, 0.25) is 0 Å². The van der Waals surface area contributed by atoms with E-state index in [1.165, 1.54) is 19.4 Å². The van der Waals surface area contributed by atoms with E-state index in [4.69, 9.17) is 18.9 Å². The maximum atomic E-state index is 12.0. The lowest BCUT2D eigenvalue weighted by atomic mass is 9.59. The van der Waals surface area contributed by atoms with Gasteiger partial charge >= 0.3 is 11.9 Å². The van der Waals surface area contributed by atoms with E-state index < -0.39 is 11.7 Å². The minimum absolute atomic E-state index is 0.0323. The van der Waals surface area contributed by atoms with Crippen molar-refractivity contribution in [2.45, 2.75) is 90.8 Å². The van der Waals surface area contributed by atoms with Crippen LogP contribution in [-0.4, -0.2) is 48.6 Å². The Balaban J connectivity index is 1.82. The third kappa shape index (κ3) is 3.60. The van der Waals surface area contributed by atoms with Gasteiger partial charge in [0.2, 0.25) is 0 Å². The molecule has 4 rings (SSSR count). The average molecular weight is 421 g/mol. The summed E-state index contributed by atoms with van der Waals surface area (Å²) in [6, 6.07) is 0. The molecular weight excluding hydrogens is 384 g/mol. The second kappa shape index (κ2) is 7.94. The maximum Gasteiger partial charge on any atom is 0.303 e. The highest BCUT2D eigenvalue weighted by Crippen LogP contribution is 2.57. The van der Waals surface area contributed by atoms with Gasteiger partial charge in [-0.15, -0.1) is 0 Å². The van der Waals surface area contributed by atoms with Crippen LogP contribution >= 0.6 is 0 Å². The van der Waals surface area contributed by atoms with Crippen LogP contribution in [0.3, 0.4) is 0 Å². The quantitative estimate of drug-likeness (QED) is 0.501. The predicted octanol–water partition coefficient (Wildman–Crippen LogP) is 3.67. The van der Waals surface area contributed by atoms with Crippen LogP contribution in [0.5, 0.6) is 0 Å². The van der Waals surface area contributed by atoms with E-state index in [9.17, 15) is 9.59 Å². The number of hydrogen-bond donors (Lipinski definition) is 0.